The monoisotopic (exact) mass is 325 g/mol. The van der Waals surface area contributed by atoms with E-state index in [9.17, 15) is 5.11 Å². The maximum atomic E-state index is 9.45. The van der Waals surface area contributed by atoms with E-state index < -0.39 is 0 Å². The van der Waals surface area contributed by atoms with E-state index in [1.807, 2.05) is 12.3 Å². The molecule has 1 aromatic rings. The first-order chi connectivity index (χ1) is 9.26. The van der Waals surface area contributed by atoms with Gasteiger partial charge in [-0.3, -0.25) is 4.90 Å². The molecule has 5 heteroatoms. The normalized spacial score (nSPS) is 20.8. The molecule has 2 aliphatic rings. The van der Waals surface area contributed by atoms with Crippen LogP contribution in [0.5, 0.6) is 0 Å². The molecule has 0 unspecified atom stereocenters. The Bertz CT molecular complexity index is 442. The van der Waals surface area contributed by atoms with Crippen molar-refractivity contribution in [2.75, 3.05) is 37.6 Å². The molecule has 1 aliphatic heterocycles. The number of hydrogen-bond acceptors (Lipinski definition) is 4. The topological polar surface area (TPSA) is 39.6 Å². The number of halogens is 1. The lowest BCUT2D eigenvalue weighted by Gasteiger charge is -2.36. The number of aliphatic hydroxyl groups is 1. The molecular formula is C14H20BrN3O. The van der Waals surface area contributed by atoms with Crippen molar-refractivity contribution in [3.8, 4) is 0 Å². The molecule has 0 aromatic carbocycles. The van der Waals surface area contributed by atoms with Crippen molar-refractivity contribution in [2.45, 2.75) is 19.4 Å². The summed E-state index contributed by atoms with van der Waals surface area (Å²) in [4.78, 5) is 9.33. The number of rotatable bonds is 4. The Kier molecular flexibility index (Phi) is 4.05. The summed E-state index contributed by atoms with van der Waals surface area (Å²) in [5.41, 5.74) is 0.907. The van der Waals surface area contributed by atoms with Gasteiger partial charge in [-0.05, 0) is 40.8 Å². The van der Waals surface area contributed by atoms with Crippen LogP contribution in [-0.4, -0.2) is 47.7 Å². The van der Waals surface area contributed by atoms with E-state index >= 15 is 0 Å². The summed E-state index contributed by atoms with van der Waals surface area (Å²) in [6, 6.07) is 1.96. The zero-order chi connectivity index (χ0) is 13.2. The maximum Gasteiger partial charge on any atom is 0.134 e. The smallest absolute Gasteiger partial charge is 0.134 e. The third kappa shape index (κ3) is 3.27. The molecule has 2 fully saturated rings. The van der Waals surface area contributed by atoms with Gasteiger partial charge in [0.25, 0.3) is 0 Å². The number of aromatic nitrogens is 1. The summed E-state index contributed by atoms with van der Waals surface area (Å²) >= 11 is 3.40. The lowest BCUT2D eigenvalue weighted by Crippen LogP contribution is -2.47. The van der Waals surface area contributed by atoms with Crippen LogP contribution in [0.3, 0.4) is 0 Å². The van der Waals surface area contributed by atoms with E-state index in [1.165, 1.54) is 19.4 Å². The highest BCUT2D eigenvalue weighted by molar-refractivity contribution is 9.10. The van der Waals surface area contributed by atoms with E-state index in [2.05, 4.69) is 30.7 Å². The standard InChI is InChI=1S/C14H20BrN3O/c15-13-7-12(10-19)14(16-8-13)18-5-3-17(4-6-18)9-11-1-2-11/h7-8,11,19H,1-6,9-10H2. The Balaban J connectivity index is 1.63. The number of pyridine rings is 1. The highest BCUT2D eigenvalue weighted by Crippen LogP contribution is 2.30. The molecular weight excluding hydrogens is 306 g/mol. The van der Waals surface area contributed by atoms with Crippen LogP contribution in [0.15, 0.2) is 16.7 Å². The van der Waals surface area contributed by atoms with Gasteiger partial charge in [-0.1, -0.05) is 0 Å². The van der Waals surface area contributed by atoms with Crippen molar-refractivity contribution in [1.82, 2.24) is 9.88 Å². The van der Waals surface area contributed by atoms with E-state index in [1.54, 1.807) is 0 Å². The molecule has 1 aromatic heterocycles. The number of hydrogen-bond donors (Lipinski definition) is 1. The zero-order valence-corrected chi connectivity index (χ0v) is 12.6. The minimum atomic E-state index is 0.0457. The summed E-state index contributed by atoms with van der Waals surface area (Å²) in [5.74, 6) is 1.90. The number of anilines is 1. The van der Waals surface area contributed by atoms with Crippen molar-refractivity contribution < 1.29 is 5.11 Å². The molecule has 1 aliphatic carbocycles. The van der Waals surface area contributed by atoms with Crippen molar-refractivity contribution in [3.63, 3.8) is 0 Å². The zero-order valence-electron chi connectivity index (χ0n) is 11.1. The predicted molar refractivity (Wildman–Crippen MR) is 79.2 cm³/mol. The molecule has 0 spiro atoms. The quantitative estimate of drug-likeness (QED) is 0.917. The average molecular weight is 326 g/mol. The van der Waals surface area contributed by atoms with Gasteiger partial charge in [-0.2, -0.15) is 0 Å². The Hall–Kier alpha value is -0.650. The molecule has 2 heterocycles. The summed E-state index contributed by atoms with van der Waals surface area (Å²) in [6.07, 6.45) is 4.65. The third-order valence-electron chi connectivity index (χ3n) is 3.96. The fourth-order valence-electron chi connectivity index (χ4n) is 2.68. The number of aliphatic hydroxyl groups excluding tert-OH is 1. The van der Waals surface area contributed by atoms with Gasteiger partial charge in [0.15, 0.2) is 0 Å². The first kappa shape index (κ1) is 13.3. The fourth-order valence-corrected chi connectivity index (χ4v) is 3.06. The van der Waals surface area contributed by atoms with Crippen molar-refractivity contribution in [2.24, 2.45) is 5.92 Å². The van der Waals surface area contributed by atoms with Crippen LogP contribution in [0.2, 0.25) is 0 Å². The van der Waals surface area contributed by atoms with Gasteiger partial charge in [0.2, 0.25) is 0 Å². The Morgan fingerprint density at radius 1 is 1.26 bits per heavy atom. The first-order valence-electron chi connectivity index (χ1n) is 6.99. The van der Waals surface area contributed by atoms with Crippen LogP contribution in [0.1, 0.15) is 18.4 Å². The second-order valence-electron chi connectivity index (χ2n) is 5.53. The minimum absolute atomic E-state index is 0.0457. The largest absolute Gasteiger partial charge is 0.392 e. The summed E-state index contributed by atoms with van der Waals surface area (Å²) in [5, 5.41) is 9.45. The molecule has 3 rings (SSSR count). The van der Waals surface area contributed by atoms with Crippen LogP contribution in [0.4, 0.5) is 5.82 Å². The van der Waals surface area contributed by atoms with Crippen LogP contribution < -0.4 is 4.90 Å². The van der Waals surface area contributed by atoms with Gasteiger partial charge in [-0.25, -0.2) is 4.98 Å². The van der Waals surface area contributed by atoms with Crippen LogP contribution in [0, 0.1) is 5.92 Å². The van der Waals surface area contributed by atoms with Crippen molar-refractivity contribution >= 4 is 21.7 Å². The highest BCUT2D eigenvalue weighted by atomic mass is 79.9. The molecule has 0 atom stereocenters. The lowest BCUT2D eigenvalue weighted by atomic mass is 10.2. The molecule has 0 amide bonds. The van der Waals surface area contributed by atoms with Gasteiger partial charge in [0.1, 0.15) is 5.82 Å². The molecule has 0 bridgehead atoms. The second-order valence-corrected chi connectivity index (χ2v) is 6.44. The lowest BCUT2D eigenvalue weighted by molar-refractivity contribution is 0.246. The molecule has 1 saturated carbocycles. The van der Waals surface area contributed by atoms with Gasteiger partial charge in [-0.15, -0.1) is 0 Å². The molecule has 104 valence electrons. The minimum Gasteiger partial charge on any atom is -0.392 e. The van der Waals surface area contributed by atoms with E-state index in [0.29, 0.717) is 0 Å². The predicted octanol–water partition coefficient (Wildman–Crippen LogP) is 1.87. The molecule has 0 radical (unpaired) electrons. The van der Waals surface area contributed by atoms with Crippen LogP contribution >= 0.6 is 15.9 Å². The van der Waals surface area contributed by atoms with Gasteiger partial charge in [0, 0.05) is 49.0 Å². The molecule has 4 nitrogen and oxygen atoms in total. The fraction of sp³-hybridized carbons (Fsp3) is 0.643. The third-order valence-corrected chi connectivity index (χ3v) is 4.40. The summed E-state index contributed by atoms with van der Waals surface area (Å²) < 4.78 is 0.924. The highest BCUT2D eigenvalue weighted by Gasteiger charge is 2.27. The SMILES string of the molecule is OCc1cc(Br)cnc1N1CCN(CC2CC2)CC1. The van der Waals surface area contributed by atoms with Crippen LogP contribution in [-0.2, 0) is 6.61 Å². The average Bonchev–Trinajstić information content (AvgIpc) is 3.24. The number of nitrogens with zero attached hydrogens (tertiary/aromatic N) is 3. The van der Waals surface area contributed by atoms with Crippen molar-refractivity contribution in [1.29, 1.82) is 0 Å². The first-order valence-corrected chi connectivity index (χ1v) is 7.78. The maximum absolute atomic E-state index is 9.45. The van der Waals surface area contributed by atoms with Gasteiger partial charge >= 0.3 is 0 Å². The Morgan fingerprint density at radius 3 is 2.63 bits per heavy atom. The van der Waals surface area contributed by atoms with Gasteiger partial charge < -0.3 is 10.0 Å². The van der Waals surface area contributed by atoms with E-state index in [0.717, 1.165) is 48.0 Å². The Morgan fingerprint density at radius 2 is 2.00 bits per heavy atom. The number of piperazine rings is 1. The van der Waals surface area contributed by atoms with Gasteiger partial charge in [0.05, 0.1) is 6.61 Å². The molecule has 19 heavy (non-hydrogen) atoms. The van der Waals surface area contributed by atoms with Crippen LogP contribution in [0.25, 0.3) is 0 Å². The van der Waals surface area contributed by atoms with E-state index in [4.69, 9.17) is 0 Å². The summed E-state index contributed by atoms with van der Waals surface area (Å²) in [6.45, 7) is 5.56. The van der Waals surface area contributed by atoms with E-state index in [-0.39, 0.29) is 6.61 Å². The second kappa shape index (κ2) is 5.77. The Labute approximate surface area is 122 Å². The molecule has 1 N–H and O–H groups in total. The molecule has 1 saturated heterocycles. The summed E-state index contributed by atoms with van der Waals surface area (Å²) in [7, 11) is 0. The van der Waals surface area contributed by atoms with Crippen molar-refractivity contribution in [3.05, 3.63) is 22.3 Å².